The molecule has 0 aliphatic heterocycles. The van der Waals surface area contributed by atoms with Crippen LogP contribution in [-0.2, 0) is 6.54 Å². The van der Waals surface area contributed by atoms with Crippen molar-refractivity contribution in [2.24, 2.45) is 0 Å². The highest BCUT2D eigenvalue weighted by Gasteiger charge is 2.15. The maximum absolute atomic E-state index is 6.25. The summed E-state index contributed by atoms with van der Waals surface area (Å²) in [4.78, 5) is 13.6. The minimum absolute atomic E-state index is 0.486. The van der Waals surface area contributed by atoms with Gasteiger partial charge in [0, 0.05) is 29.3 Å². The second kappa shape index (κ2) is 10.4. The van der Waals surface area contributed by atoms with Crippen LogP contribution in [0.2, 0.25) is 0 Å². The molecule has 0 bridgehead atoms. The molecule has 0 aliphatic rings. The lowest BCUT2D eigenvalue weighted by atomic mass is 10.0. The Kier molecular flexibility index (Phi) is 6.94. The summed E-state index contributed by atoms with van der Waals surface area (Å²) in [6.07, 6.45) is 11.0. The van der Waals surface area contributed by atoms with Crippen molar-refractivity contribution in [3.05, 3.63) is 111 Å². The fourth-order valence-corrected chi connectivity index (χ4v) is 3.78. The molecular formula is C29H27N5. The van der Waals surface area contributed by atoms with Gasteiger partial charge in [0.25, 0.3) is 0 Å². The van der Waals surface area contributed by atoms with E-state index in [4.69, 9.17) is 10.7 Å². The maximum atomic E-state index is 6.25. The minimum atomic E-state index is 0.486. The number of allylic oxidation sites excluding steroid dienone is 4. The van der Waals surface area contributed by atoms with Crippen LogP contribution in [0.1, 0.15) is 6.92 Å². The zero-order valence-corrected chi connectivity index (χ0v) is 19.2. The summed E-state index contributed by atoms with van der Waals surface area (Å²) < 4.78 is 2.10. The Labute approximate surface area is 199 Å². The van der Waals surface area contributed by atoms with Crippen LogP contribution in [0.3, 0.4) is 0 Å². The summed E-state index contributed by atoms with van der Waals surface area (Å²) >= 11 is 0. The second-order valence-electron chi connectivity index (χ2n) is 7.66. The third kappa shape index (κ3) is 4.64. The number of fused-ring (bicyclic) bond motifs is 2. The van der Waals surface area contributed by atoms with E-state index in [9.17, 15) is 0 Å². The van der Waals surface area contributed by atoms with Gasteiger partial charge >= 0.3 is 0 Å². The quantitative estimate of drug-likeness (QED) is 0.238. The molecule has 34 heavy (non-hydrogen) atoms. The Balaban J connectivity index is 0.000000636. The van der Waals surface area contributed by atoms with E-state index < -0.39 is 0 Å². The number of rotatable bonds is 5. The first-order valence-corrected chi connectivity index (χ1v) is 11.1. The Morgan fingerprint density at radius 3 is 2.44 bits per heavy atom. The van der Waals surface area contributed by atoms with Crippen LogP contribution in [0.4, 0.5) is 5.82 Å². The zero-order chi connectivity index (χ0) is 23.9. The normalized spacial score (nSPS) is 10.9. The highest BCUT2D eigenvalue weighted by molar-refractivity contribution is 6.02. The van der Waals surface area contributed by atoms with Gasteiger partial charge in [0.1, 0.15) is 17.8 Å². The van der Waals surface area contributed by atoms with E-state index >= 15 is 0 Å². The molecule has 0 atom stereocenters. The van der Waals surface area contributed by atoms with Crippen molar-refractivity contribution in [3.63, 3.8) is 0 Å². The van der Waals surface area contributed by atoms with Gasteiger partial charge in [-0.2, -0.15) is 0 Å². The van der Waals surface area contributed by atoms with Crippen LogP contribution in [0.5, 0.6) is 0 Å². The van der Waals surface area contributed by atoms with Gasteiger partial charge in [-0.15, -0.1) is 0 Å². The Morgan fingerprint density at radius 2 is 1.71 bits per heavy atom. The molecule has 5 heteroatoms. The summed E-state index contributed by atoms with van der Waals surface area (Å²) in [5.41, 5.74) is 12.2. The highest BCUT2D eigenvalue weighted by atomic mass is 15.1. The molecule has 5 aromatic rings. The van der Waals surface area contributed by atoms with Gasteiger partial charge in [-0.25, -0.2) is 15.0 Å². The van der Waals surface area contributed by atoms with Gasteiger partial charge in [-0.3, -0.25) is 0 Å². The minimum Gasteiger partial charge on any atom is -0.383 e. The summed E-state index contributed by atoms with van der Waals surface area (Å²) in [5, 5.41) is 1.97. The molecule has 3 aromatic heterocycles. The molecule has 168 valence electrons. The number of nitrogens with zero attached hydrogens (tertiary/aromatic N) is 4. The Bertz CT molecular complexity index is 1470. The van der Waals surface area contributed by atoms with Crippen molar-refractivity contribution in [2.75, 3.05) is 5.73 Å². The molecule has 5 nitrogen and oxygen atoms in total. The van der Waals surface area contributed by atoms with Gasteiger partial charge in [0.2, 0.25) is 0 Å². The summed E-state index contributed by atoms with van der Waals surface area (Å²) in [6, 6.07) is 20.7. The molecule has 0 spiro atoms. The zero-order valence-electron chi connectivity index (χ0n) is 19.2. The van der Waals surface area contributed by atoms with Crippen LogP contribution in [-0.4, -0.2) is 19.5 Å². The van der Waals surface area contributed by atoms with E-state index in [-0.39, 0.29) is 0 Å². The van der Waals surface area contributed by atoms with E-state index in [0.717, 1.165) is 50.9 Å². The third-order valence-electron chi connectivity index (χ3n) is 5.46. The maximum Gasteiger partial charge on any atom is 0.146 e. The molecule has 0 saturated carbocycles. The van der Waals surface area contributed by atoms with Gasteiger partial charge in [0.05, 0.1) is 16.6 Å². The number of hydrogen-bond donors (Lipinski definition) is 1. The van der Waals surface area contributed by atoms with Gasteiger partial charge in [-0.05, 0) is 24.6 Å². The lowest BCUT2D eigenvalue weighted by molar-refractivity contribution is 0.848. The van der Waals surface area contributed by atoms with E-state index in [1.54, 1.807) is 12.2 Å². The molecule has 3 heterocycles. The van der Waals surface area contributed by atoms with Crippen molar-refractivity contribution in [1.29, 1.82) is 0 Å². The molecule has 0 fully saturated rings. The van der Waals surface area contributed by atoms with Crippen LogP contribution in [0.15, 0.2) is 111 Å². The van der Waals surface area contributed by atoms with E-state index in [2.05, 4.69) is 82.4 Å². The van der Waals surface area contributed by atoms with Crippen LogP contribution >= 0.6 is 0 Å². The van der Waals surface area contributed by atoms with Crippen molar-refractivity contribution < 1.29 is 0 Å². The van der Waals surface area contributed by atoms with Gasteiger partial charge < -0.3 is 10.3 Å². The van der Waals surface area contributed by atoms with Crippen molar-refractivity contribution in [3.8, 4) is 22.4 Å². The van der Waals surface area contributed by atoms with Crippen LogP contribution < -0.4 is 5.73 Å². The first-order chi connectivity index (χ1) is 16.7. The Hall–Kier alpha value is -4.51. The molecule has 5 rings (SSSR count). The fourth-order valence-electron chi connectivity index (χ4n) is 3.78. The molecule has 2 N–H and O–H groups in total. The molecule has 0 unspecified atom stereocenters. The van der Waals surface area contributed by atoms with E-state index in [0.29, 0.717) is 5.82 Å². The standard InChI is InChI=1S/C25H21N5.C4H6/c1-2-3-13-30-15-20(23-24(26)27-16-28-25(23)30)19-10-9-18-11-12-21(29-22(18)14-19)17-7-5-4-6-8-17;1-3-4-2/h2-12,14-16H,13H2,1H3,(H2,26,27,28);3-4H,1-2H2/b3-2-;. The number of nitrogen functional groups attached to an aromatic ring is 1. The molecule has 0 saturated heterocycles. The van der Waals surface area contributed by atoms with Gasteiger partial charge in [-0.1, -0.05) is 86.0 Å². The first kappa shape index (κ1) is 22.7. The molecular weight excluding hydrogens is 418 g/mol. The van der Waals surface area contributed by atoms with Crippen molar-refractivity contribution in [1.82, 2.24) is 19.5 Å². The predicted molar refractivity (Wildman–Crippen MR) is 143 cm³/mol. The van der Waals surface area contributed by atoms with Crippen LogP contribution in [0.25, 0.3) is 44.3 Å². The smallest absolute Gasteiger partial charge is 0.146 e. The SMILES string of the molecule is C/C=C\Cn1cc(-c2ccc3ccc(-c4ccccc4)nc3c2)c2c(N)ncnc21.C=CC=C. The molecule has 2 aromatic carbocycles. The number of benzene rings is 2. The van der Waals surface area contributed by atoms with Crippen LogP contribution in [0, 0.1) is 0 Å². The first-order valence-electron chi connectivity index (χ1n) is 11.1. The van der Waals surface area contributed by atoms with Crippen molar-refractivity contribution >= 4 is 27.8 Å². The predicted octanol–water partition coefficient (Wildman–Crippen LogP) is 6.83. The number of nitrogens with two attached hydrogens (primary N) is 1. The monoisotopic (exact) mass is 445 g/mol. The highest BCUT2D eigenvalue weighted by Crippen LogP contribution is 2.34. The average molecular weight is 446 g/mol. The van der Waals surface area contributed by atoms with E-state index in [1.165, 1.54) is 6.33 Å². The fraction of sp³-hybridized carbons (Fsp3) is 0.0690. The lowest BCUT2D eigenvalue weighted by Gasteiger charge is -2.06. The Morgan fingerprint density at radius 1 is 0.941 bits per heavy atom. The number of aromatic nitrogens is 4. The summed E-state index contributed by atoms with van der Waals surface area (Å²) in [6.45, 7) is 9.46. The number of hydrogen-bond acceptors (Lipinski definition) is 4. The molecule has 0 radical (unpaired) electrons. The third-order valence-corrected chi connectivity index (χ3v) is 5.46. The topological polar surface area (TPSA) is 69.6 Å². The molecule has 0 amide bonds. The lowest BCUT2D eigenvalue weighted by Crippen LogP contribution is -1.97. The number of pyridine rings is 1. The summed E-state index contributed by atoms with van der Waals surface area (Å²) in [5.74, 6) is 0.486. The molecule has 0 aliphatic carbocycles. The van der Waals surface area contributed by atoms with E-state index in [1.807, 2.05) is 31.2 Å². The summed E-state index contributed by atoms with van der Waals surface area (Å²) in [7, 11) is 0. The van der Waals surface area contributed by atoms with Crippen molar-refractivity contribution in [2.45, 2.75) is 13.5 Å². The second-order valence-corrected chi connectivity index (χ2v) is 7.66. The van der Waals surface area contributed by atoms with Gasteiger partial charge in [0.15, 0.2) is 0 Å². The average Bonchev–Trinajstić information content (AvgIpc) is 3.27. The largest absolute Gasteiger partial charge is 0.383 e. The number of anilines is 1.